The maximum Gasteiger partial charge on any atom is 0.433 e. The van der Waals surface area contributed by atoms with E-state index in [-0.39, 0.29) is 11.6 Å². The van der Waals surface area contributed by atoms with Crippen LogP contribution < -0.4 is 14.8 Å². The van der Waals surface area contributed by atoms with Gasteiger partial charge in [-0.3, -0.25) is 4.98 Å². The average molecular weight is 411 g/mol. The minimum absolute atomic E-state index is 0.0724. The number of ether oxygens (including phenoxy) is 2. The highest BCUT2D eigenvalue weighted by molar-refractivity contribution is 6.32. The van der Waals surface area contributed by atoms with Gasteiger partial charge in [-0.05, 0) is 12.1 Å². The van der Waals surface area contributed by atoms with Gasteiger partial charge in [0, 0.05) is 36.2 Å². The summed E-state index contributed by atoms with van der Waals surface area (Å²) in [5.74, 6) is 0.462. The molecule has 0 aliphatic heterocycles. The molecule has 0 spiro atoms. The molecular formula is C18H14ClF3N4O2. The number of methoxy groups -OCH3 is 2. The summed E-state index contributed by atoms with van der Waals surface area (Å²) in [6.07, 6.45) is -1.76. The molecule has 0 aliphatic carbocycles. The molecule has 3 rings (SSSR count). The zero-order chi connectivity index (χ0) is 20.3. The number of hydrogen-bond donors (Lipinski definition) is 1. The molecule has 0 radical (unpaired) electrons. The maximum atomic E-state index is 13.3. The van der Waals surface area contributed by atoms with Crippen LogP contribution in [0.3, 0.4) is 0 Å². The first-order valence-electron chi connectivity index (χ1n) is 7.87. The molecule has 0 unspecified atom stereocenters. The molecule has 0 saturated carbocycles. The van der Waals surface area contributed by atoms with E-state index >= 15 is 0 Å². The van der Waals surface area contributed by atoms with Crippen LogP contribution in [0.25, 0.3) is 11.4 Å². The zero-order valence-electron chi connectivity index (χ0n) is 14.7. The number of hydrogen-bond acceptors (Lipinski definition) is 6. The highest BCUT2D eigenvalue weighted by Gasteiger charge is 2.34. The lowest BCUT2D eigenvalue weighted by Crippen LogP contribution is -2.11. The minimum atomic E-state index is -4.65. The fraction of sp³-hybridized carbons (Fsp3) is 0.167. The molecule has 0 bridgehead atoms. The second-order valence-electron chi connectivity index (χ2n) is 5.51. The predicted molar refractivity (Wildman–Crippen MR) is 98.1 cm³/mol. The van der Waals surface area contributed by atoms with Crippen LogP contribution in [0.4, 0.5) is 24.7 Å². The Morgan fingerprint density at radius 1 is 0.964 bits per heavy atom. The molecule has 2 heterocycles. The maximum absolute atomic E-state index is 13.3. The van der Waals surface area contributed by atoms with Crippen molar-refractivity contribution in [3.8, 4) is 22.9 Å². The number of nitrogens with zero attached hydrogens (tertiary/aromatic N) is 3. The summed E-state index contributed by atoms with van der Waals surface area (Å²) in [7, 11) is 2.83. The molecule has 1 N–H and O–H groups in total. The number of aromatic nitrogens is 3. The number of pyridine rings is 1. The third kappa shape index (κ3) is 4.25. The van der Waals surface area contributed by atoms with Crippen LogP contribution >= 0.6 is 11.6 Å². The molecule has 28 heavy (non-hydrogen) atoms. The highest BCUT2D eigenvalue weighted by atomic mass is 35.5. The lowest BCUT2D eigenvalue weighted by molar-refractivity contribution is -0.141. The quantitative estimate of drug-likeness (QED) is 0.640. The molecular weight excluding hydrogens is 397 g/mol. The smallest absolute Gasteiger partial charge is 0.433 e. The van der Waals surface area contributed by atoms with E-state index in [9.17, 15) is 13.2 Å². The summed E-state index contributed by atoms with van der Waals surface area (Å²) in [6, 6.07) is 6.84. The van der Waals surface area contributed by atoms with Crippen molar-refractivity contribution in [3.05, 3.63) is 53.4 Å². The van der Waals surface area contributed by atoms with Crippen LogP contribution in [0.2, 0.25) is 5.02 Å². The Balaban J connectivity index is 2.09. The number of benzene rings is 1. The first-order chi connectivity index (χ1) is 13.3. The summed E-state index contributed by atoms with van der Waals surface area (Å²) in [4.78, 5) is 11.7. The fourth-order valence-electron chi connectivity index (χ4n) is 2.38. The third-order valence-corrected chi connectivity index (χ3v) is 3.99. The van der Waals surface area contributed by atoms with Gasteiger partial charge >= 0.3 is 6.18 Å². The van der Waals surface area contributed by atoms with Gasteiger partial charge in [0.2, 0.25) is 0 Å². The van der Waals surface area contributed by atoms with Crippen molar-refractivity contribution >= 4 is 23.1 Å². The largest absolute Gasteiger partial charge is 0.495 e. The Morgan fingerprint density at radius 2 is 1.64 bits per heavy atom. The van der Waals surface area contributed by atoms with E-state index in [1.165, 1.54) is 50.9 Å². The Kier molecular flexibility index (Phi) is 5.55. The number of nitrogens with one attached hydrogen (secondary N) is 1. The van der Waals surface area contributed by atoms with Crippen molar-refractivity contribution in [2.24, 2.45) is 0 Å². The molecule has 0 atom stereocenters. The van der Waals surface area contributed by atoms with E-state index in [0.29, 0.717) is 27.8 Å². The van der Waals surface area contributed by atoms with Gasteiger partial charge in [0.15, 0.2) is 11.5 Å². The van der Waals surface area contributed by atoms with Crippen molar-refractivity contribution in [1.29, 1.82) is 0 Å². The van der Waals surface area contributed by atoms with Gasteiger partial charge in [-0.25, -0.2) is 9.97 Å². The van der Waals surface area contributed by atoms with Crippen LogP contribution in [0, 0.1) is 0 Å². The topological polar surface area (TPSA) is 69.2 Å². The van der Waals surface area contributed by atoms with Crippen LogP contribution in [0.15, 0.2) is 42.7 Å². The lowest BCUT2D eigenvalue weighted by Gasteiger charge is -2.15. The molecule has 2 aromatic heterocycles. The van der Waals surface area contributed by atoms with Crippen LogP contribution in [0.5, 0.6) is 11.5 Å². The predicted octanol–water partition coefficient (Wildman–Crippen LogP) is 4.97. The Hall–Kier alpha value is -3.07. The van der Waals surface area contributed by atoms with E-state index in [1.54, 1.807) is 0 Å². The normalized spacial score (nSPS) is 11.2. The number of alkyl halides is 3. The molecule has 0 amide bonds. The molecule has 6 nitrogen and oxygen atoms in total. The summed E-state index contributed by atoms with van der Waals surface area (Å²) in [5.41, 5.74) is -0.363. The van der Waals surface area contributed by atoms with Crippen LogP contribution in [-0.4, -0.2) is 29.2 Å². The Bertz CT molecular complexity index is 985. The standard InChI is InChI=1S/C18H14ClF3N4O2/c1-27-13-8-12(14(28-2)7-11(13)19)24-16-9-15(18(20,21)22)25-17(26-16)10-3-5-23-6-4-10/h3-9H,1-2H3,(H,24,25,26). The number of anilines is 2. The molecule has 10 heteroatoms. The fourth-order valence-corrected chi connectivity index (χ4v) is 2.61. The van der Waals surface area contributed by atoms with E-state index in [0.717, 1.165) is 6.07 Å². The van der Waals surface area contributed by atoms with Crippen molar-refractivity contribution < 1.29 is 22.6 Å². The SMILES string of the molecule is COc1cc(Nc2cc(C(F)(F)F)nc(-c3ccncc3)n2)c(OC)cc1Cl. The molecule has 1 aromatic carbocycles. The first-order valence-corrected chi connectivity index (χ1v) is 8.25. The molecule has 0 fully saturated rings. The Morgan fingerprint density at radius 3 is 2.25 bits per heavy atom. The second-order valence-corrected chi connectivity index (χ2v) is 5.91. The van der Waals surface area contributed by atoms with E-state index < -0.39 is 11.9 Å². The van der Waals surface area contributed by atoms with Gasteiger partial charge < -0.3 is 14.8 Å². The first kappa shape index (κ1) is 19.7. The monoisotopic (exact) mass is 410 g/mol. The van der Waals surface area contributed by atoms with Crippen molar-refractivity contribution in [2.75, 3.05) is 19.5 Å². The van der Waals surface area contributed by atoms with Gasteiger partial charge in [-0.2, -0.15) is 13.2 Å². The number of rotatable bonds is 5. The molecule has 146 valence electrons. The van der Waals surface area contributed by atoms with Crippen LogP contribution in [-0.2, 0) is 6.18 Å². The van der Waals surface area contributed by atoms with Crippen molar-refractivity contribution in [1.82, 2.24) is 15.0 Å². The van der Waals surface area contributed by atoms with Crippen molar-refractivity contribution in [2.45, 2.75) is 6.18 Å². The van der Waals surface area contributed by atoms with Gasteiger partial charge in [-0.15, -0.1) is 0 Å². The number of halogens is 4. The summed E-state index contributed by atoms with van der Waals surface area (Å²) in [5, 5.41) is 3.11. The molecule has 3 aromatic rings. The van der Waals surface area contributed by atoms with E-state index in [2.05, 4.69) is 20.3 Å². The summed E-state index contributed by atoms with van der Waals surface area (Å²) < 4.78 is 50.4. The van der Waals surface area contributed by atoms with Gasteiger partial charge in [0.05, 0.1) is 24.9 Å². The second kappa shape index (κ2) is 7.89. The minimum Gasteiger partial charge on any atom is -0.495 e. The zero-order valence-corrected chi connectivity index (χ0v) is 15.5. The molecule has 0 saturated heterocycles. The van der Waals surface area contributed by atoms with E-state index in [1.807, 2.05) is 0 Å². The summed E-state index contributed by atoms with van der Waals surface area (Å²) >= 11 is 6.06. The average Bonchev–Trinajstić information content (AvgIpc) is 2.68. The Labute approximate surface area is 163 Å². The highest BCUT2D eigenvalue weighted by Crippen LogP contribution is 2.38. The van der Waals surface area contributed by atoms with Gasteiger partial charge in [-0.1, -0.05) is 11.6 Å². The van der Waals surface area contributed by atoms with E-state index in [4.69, 9.17) is 21.1 Å². The van der Waals surface area contributed by atoms with Crippen molar-refractivity contribution in [3.63, 3.8) is 0 Å². The van der Waals surface area contributed by atoms with Crippen LogP contribution in [0.1, 0.15) is 5.69 Å². The molecule has 0 aliphatic rings. The summed E-state index contributed by atoms with van der Waals surface area (Å²) in [6.45, 7) is 0. The lowest BCUT2D eigenvalue weighted by atomic mass is 10.2. The van der Waals surface area contributed by atoms with Gasteiger partial charge in [0.1, 0.15) is 17.3 Å². The third-order valence-electron chi connectivity index (χ3n) is 3.69. The van der Waals surface area contributed by atoms with Gasteiger partial charge in [0.25, 0.3) is 0 Å².